The summed E-state index contributed by atoms with van der Waals surface area (Å²) in [6.07, 6.45) is -4.59. The van der Waals surface area contributed by atoms with Gasteiger partial charge in [-0.1, -0.05) is 29.8 Å². The zero-order valence-corrected chi connectivity index (χ0v) is 6.80. The maximum atomic E-state index is 12.0. The second-order valence-electron chi connectivity index (χ2n) is 2.30. The first-order chi connectivity index (χ1) is 5.63. The molecule has 0 spiro atoms. The minimum absolute atomic E-state index is 0.0640. The van der Waals surface area contributed by atoms with Crippen LogP contribution in [0.4, 0.5) is 8.78 Å². The second-order valence-corrected chi connectivity index (χ2v) is 2.71. The number of aliphatic hydroxyl groups excluding tert-OH is 1. The van der Waals surface area contributed by atoms with Crippen LogP contribution < -0.4 is 0 Å². The third-order valence-electron chi connectivity index (χ3n) is 1.46. The summed E-state index contributed by atoms with van der Waals surface area (Å²) in [5, 5.41) is 9.10. The van der Waals surface area contributed by atoms with Crippen molar-refractivity contribution in [3.63, 3.8) is 0 Å². The van der Waals surface area contributed by atoms with Crippen molar-refractivity contribution >= 4 is 11.6 Å². The molecule has 0 heterocycles. The summed E-state index contributed by atoms with van der Waals surface area (Å²) in [6.45, 7) is 0. The molecule has 1 unspecified atom stereocenters. The van der Waals surface area contributed by atoms with E-state index in [4.69, 9.17) is 16.7 Å². The fourth-order valence-corrected chi connectivity index (χ4v) is 1.10. The normalized spacial score (nSPS) is 13.4. The van der Waals surface area contributed by atoms with Crippen molar-refractivity contribution in [3.05, 3.63) is 34.9 Å². The summed E-state index contributed by atoms with van der Waals surface area (Å²) >= 11 is 5.57. The molecule has 0 saturated carbocycles. The Morgan fingerprint density at radius 2 is 1.83 bits per heavy atom. The summed E-state index contributed by atoms with van der Waals surface area (Å²) < 4.78 is 24.0. The fraction of sp³-hybridized carbons (Fsp3) is 0.250. The summed E-state index contributed by atoms with van der Waals surface area (Å²) in [6, 6.07) is 6.00. The largest absolute Gasteiger partial charge is 0.382 e. The lowest BCUT2D eigenvalue weighted by molar-refractivity contribution is -0.00572. The molecule has 4 heteroatoms. The minimum atomic E-state index is -2.80. The van der Waals surface area contributed by atoms with Gasteiger partial charge in [0, 0.05) is 10.6 Å². The van der Waals surface area contributed by atoms with Crippen molar-refractivity contribution in [1.82, 2.24) is 0 Å². The molecule has 0 aliphatic heterocycles. The number of hydrogen-bond donors (Lipinski definition) is 1. The quantitative estimate of drug-likeness (QED) is 0.764. The molecule has 1 aromatic rings. The molecule has 66 valence electrons. The summed E-state index contributed by atoms with van der Waals surface area (Å²) in [5.74, 6) is 0. The Hall–Kier alpha value is -0.670. The number of halogens is 3. The van der Waals surface area contributed by atoms with Crippen molar-refractivity contribution in [2.75, 3.05) is 0 Å². The smallest absolute Gasteiger partial charge is 0.268 e. The van der Waals surface area contributed by atoms with Crippen LogP contribution in [0.25, 0.3) is 0 Å². The van der Waals surface area contributed by atoms with Crippen molar-refractivity contribution in [1.29, 1.82) is 0 Å². The van der Waals surface area contributed by atoms with Gasteiger partial charge in [-0.15, -0.1) is 0 Å². The predicted octanol–water partition coefficient (Wildman–Crippen LogP) is 2.64. The Labute approximate surface area is 73.6 Å². The van der Waals surface area contributed by atoms with Crippen molar-refractivity contribution in [2.24, 2.45) is 0 Å². The van der Waals surface area contributed by atoms with Crippen LogP contribution in [-0.4, -0.2) is 11.5 Å². The standard InChI is InChI=1S/C8H7ClF2O/c9-6-4-2-1-3-5(6)7(12)8(10)11/h1-4,7-8,12H. The molecule has 0 saturated heterocycles. The third kappa shape index (κ3) is 1.93. The molecule has 0 fully saturated rings. The molecule has 0 aromatic heterocycles. The molecular formula is C8H7ClF2O. The summed E-state index contributed by atoms with van der Waals surface area (Å²) in [7, 11) is 0. The van der Waals surface area contributed by atoms with E-state index in [1.807, 2.05) is 0 Å². The molecule has 12 heavy (non-hydrogen) atoms. The van der Waals surface area contributed by atoms with E-state index in [0.717, 1.165) is 0 Å². The van der Waals surface area contributed by atoms with Crippen LogP contribution in [0.3, 0.4) is 0 Å². The number of aliphatic hydroxyl groups is 1. The van der Waals surface area contributed by atoms with Crippen molar-refractivity contribution in [3.8, 4) is 0 Å². The van der Waals surface area contributed by atoms with Gasteiger partial charge in [0.2, 0.25) is 0 Å². The summed E-state index contributed by atoms with van der Waals surface area (Å²) in [5.41, 5.74) is 0.0640. The van der Waals surface area contributed by atoms with Crippen molar-refractivity contribution < 1.29 is 13.9 Å². The van der Waals surface area contributed by atoms with Gasteiger partial charge in [0.1, 0.15) is 6.10 Å². The van der Waals surface area contributed by atoms with Crippen LogP contribution in [-0.2, 0) is 0 Å². The molecule has 0 aliphatic rings. The van der Waals surface area contributed by atoms with Crippen LogP contribution in [0.1, 0.15) is 11.7 Å². The topological polar surface area (TPSA) is 20.2 Å². The number of rotatable bonds is 2. The number of hydrogen-bond acceptors (Lipinski definition) is 1. The first-order valence-electron chi connectivity index (χ1n) is 3.33. The van der Waals surface area contributed by atoms with E-state index < -0.39 is 12.5 Å². The van der Waals surface area contributed by atoms with E-state index in [9.17, 15) is 8.78 Å². The molecule has 0 amide bonds. The maximum Gasteiger partial charge on any atom is 0.268 e. The molecular weight excluding hydrogens is 186 g/mol. The highest BCUT2D eigenvalue weighted by Gasteiger charge is 2.20. The van der Waals surface area contributed by atoms with Gasteiger partial charge in [-0.2, -0.15) is 0 Å². The first-order valence-corrected chi connectivity index (χ1v) is 3.71. The maximum absolute atomic E-state index is 12.0. The lowest BCUT2D eigenvalue weighted by Gasteiger charge is -2.10. The van der Waals surface area contributed by atoms with Gasteiger partial charge in [-0.05, 0) is 6.07 Å². The Balaban J connectivity index is 2.94. The Bertz CT molecular complexity index is 265. The van der Waals surface area contributed by atoms with E-state index in [0.29, 0.717) is 0 Å². The van der Waals surface area contributed by atoms with Gasteiger partial charge in [0.05, 0.1) is 0 Å². The average molecular weight is 193 g/mol. The van der Waals surface area contributed by atoms with Gasteiger partial charge in [-0.3, -0.25) is 0 Å². The van der Waals surface area contributed by atoms with E-state index in [1.54, 1.807) is 12.1 Å². The Kier molecular flexibility index (Phi) is 3.00. The second kappa shape index (κ2) is 3.83. The Morgan fingerprint density at radius 1 is 1.25 bits per heavy atom. The molecule has 0 bridgehead atoms. The fourth-order valence-electron chi connectivity index (χ4n) is 0.851. The van der Waals surface area contributed by atoms with Gasteiger partial charge >= 0.3 is 0 Å². The molecule has 1 atom stereocenters. The monoisotopic (exact) mass is 192 g/mol. The van der Waals surface area contributed by atoms with Gasteiger partial charge in [0.15, 0.2) is 0 Å². The van der Waals surface area contributed by atoms with Crippen LogP contribution in [0, 0.1) is 0 Å². The Morgan fingerprint density at radius 3 is 2.33 bits per heavy atom. The average Bonchev–Trinajstić information content (AvgIpc) is 2.04. The van der Waals surface area contributed by atoms with Crippen LogP contribution in [0.15, 0.2) is 24.3 Å². The zero-order valence-electron chi connectivity index (χ0n) is 6.05. The van der Waals surface area contributed by atoms with Gasteiger partial charge in [-0.25, -0.2) is 8.78 Å². The van der Waals surface area contributed by atoms with E-state index in [-0.39, 0.29) is 10.6 Å². The summed E-state index contributed by atoms with van der Waals surface area (Å²) in [4.78, 5) is 0. The van der Waals surface area contributed by atoms with Crippen LogP contribution in [0.2, 0.25) is 5.02 Å². The number of alkyl halides is 2. The molecule has 1 aromatic carbocycles. The molecule has 1 N–H and O–H groups in total. The zero-order chi connectivity index (χ0) is 9.14. The highest BCUT2D eigenvalue weighted by molar-refractivity contribution is 6.31. The lowest BCUT2D eigenvalue weighted by Crippen LogP contribution is -2.08. The minimum Gasteiger partial charge on any atom is -0.382 e. The highest BCUT2D eigenvalue weighted by Crippen LogP contribution is 2.26. The van der Waals surface area contributed by atoms with Crippen LogP contribution >= 0.6 is 11.6 Å². The number of benzene rings is 1. The van der Waals surface area contributed by atoms with E-state index >= 15 is 0 Å². The lowest BCUT2D eigenvalue weighted by atomic mass is 10.1. The predicted molar refractivity (Wildman–Crippen MR) is 42.4 cm³/mol. The van der Waals surface area contributed by atoms with E-state index in [1.165, 1.54) is 12.1 Å². The van der Waals surface area contributed by atoms with Crippen LogP contribution in [0.5, 0.6) is 0 Å². The van der Waals surface area contributed by atoms with Crippen molar-refractivity contribution in [2.45, 2.75) is 12.5 Å². The molecule has 0 aliphatic carbocycles. The van der Waals surface area contributed by atoms with Gasteiger partial charge < -0.3 is 5.11 Å². The third-order valence-corrected chi connectivity index (χ3v) is 1.81. The molecule has 1 rings (SSSR count). The first kappa shape index (κ1) is 9.42. The van der Waals surface area contributed by atoms with E-state index in [2.05, 4.69) is 0 Å². The SMILES string of the molecule is OC(c1ccccc1Cl)C(F)F. The van der Waals surface area contributed by atoms with Gasteiger partial charge in [0.25, 0.3) is 6.43 Å². The molecule has 0 radical (unpaired) electrons. The highest BCUT2D eigenvalue weighted by atomic mass is 35.5. The molecule has 1 nitrogen and oxygen atoms in total.